The molecule has 0 atom stereocenters. The molecule has 5 rings (SSSR count). The highest BCUT2D eigenvalue weighted by atomic mass is 35.5. The Kier molecular flexibility index (Phi) is 5.19. The first-order chi connectivity index (χ1) is 14.9. The number of hydrogen-bond acceptors (Lipinski definition) is 6. The van der Waals surface area contributed by atoms with Gasteiger partial charge in [0, 0.05) is 36.9 Å². The van der Waals surface area contributed by atoms with Crippen molar-refractivity contribution in [1.82, 2.24) is 23.5 Å². The lowest BCUT2D eigenvalue weighted by molar-refractivity contribution is 0.463. The first-order valence-electron chi connectivity index (χ1n) is 9.20. The van der Waals surface area contributed by atoms with Crippen molar-refractivity contribution in [3.05, 3.63) is 76.3 Å². The maximum absolute atomic E-state index is 13.4. The molecule has 1 aromatic carbocycles. The quantitative estimate of drug-likeness (QED) is 0.344. The molecule has 158 valence electrons. The number of sulfonamides is 1. The zero-order valence-electron chi connectivity index (χ0n) is 16.2. The van der Waals surface area contributed by atoms with Gasteiger partial charge >= 0.3 is 0 Å². The molecule has 0 saturated heterocycles. The SMILES string of the molecule is CN(Cc1cn(-c2ccccc2)nc1-c1cccs1)S(=O)(=O)c1c(Cl)nc2sccn12. The number of para-hydroxylation sites is 1. The van der Waals surface area contributed by atoms with Crippen molar-refractivity contribution in [3.8, 4) is 16.3 Å². The molecule has 11 heteroatoms. The fraction of sp³-hybridized carbons (Fsp3) is 0.100. The van der Waals surface area contributed by atoms with E-state index in [0.717, 1.165) is 21.8 Å². The number of halogens is 1. The normalized spacial score (nSPS) is 12.2. The number of benzene rings is 1. The van der Waals surface area contributed by atoms with Crippen molar-refractivity contribution in [2.45, 2.75) is 11.6 Å². The Morgan fingerprint density at radius 3 is 2.65 bits per heavy atom. The Hall–Kier alpha value is -2.50. The highest BCUT2D eigenvalue weighted by molar-refractivity contribution is 7.89. The first-order valence-corrected chi connectivity index (χ1v) is 12.8. The van der Waals surface area contributed by atoms with Crippen LogP contribution in [0.15, 0.2) is 70.6 Å². The fourth-order valence-electron chi connectivity index (χ4n) is 3.30. The van der Waals surface area contributed by atoms with Gasteiger partial charge in [-0.2, -0.15) is 9.40 Å². The van der Waals surface area contributed by atoms with E-state index in [-0.39, 0.29) is 16.7 Å². The minimum atomic E-state index is -3.89. The fourth-order valence-corrected chi connectivity index (χ4v) is 6.59. The molecule has 0 saturated carbocycles. The molecule has 0 N–H and O–H groups in total. The van der Waals surface area contributed by atoms with E-state index >= 15 is 0 Å². The molecule has 0 spiro atoms. The number of thiazole rings is 1. The van der Waals surface area contributed by atoms with Crippen LogP contribution in [-0.4, -0.2) is 38.9 Å². The molecular formula is C20H16ClN5O2S3. The van der Waals surface area contributed by atoms with Gasteiger partial charge in [0.2, 0.25) is 0 Å². The van der Waals surface area contributed by atoms with Crippen LogP contribution < -0.4 is 0 Å². The van der Waals surface area contributed by atoms with E-state index < -0.39 is 10.0 Å². The predicted molar refractivity (Wildman–Crippen MR) is 124 cm³/mol. The topological polar surface area (TPSA) is 72.5 Å². The average molecular weight is 490 g/mol. The standard InChI is InChI=1S/C20H16ClN5O2S3/c1-24(31(27,28)19-18(21)22-20-25(19)9-11-30-20)12-14-13-26(15-6-3-2-4-7-15)23-17(14)16-8-5-10-29-16/h2-11,13H,12H2,1H3. The van der Waals surface area contributed by atoms with Gasteiger partial charge in [-0.1, -0.05) is 35.9 Å². The summed E-state index contributed by atoms with van der Waals surface area (Å²) in [5.74, 6) is 0. The smallest absolute Gasteiger partial charge is 0.262 e. The second-order valence-corrected chi connectivity index (χ2v) is 10.9. The van der Waals surface area contributed by atoms with Gasteiger partial charge in [-0.05, 0) is 23.6 Å². The molecule has 0 fully saturated rings. The molecule has 0 aliphatic heterocycles. The molecular weight excluding hydrogens is 474 g/mol. The molecule has 5 aromatic rings. The summed E-state index contributed by atoms with van der Waals surface area (Å²) in [6, 6.07) is 13.6. The maximum Gasteiger partial charge on any atom is 0.262 e. The number of aromatic nitrogens is 4. The van der Waals surface area contributed by atoms with Crippen molar-refractivity contribution < 1.29 is 8.42 Å². The van der Waals surface area contributed by atoms with Gasteiger partial charge in [-0.25, -0.2) is 18.1 Å². The zero-order valence-corrected chi connectivity index (χ0v) is 19.4. The van der Waals surface area contributed by atoms with E-state index in [1.165, 1.54) is 27.1 Å². The van der Waals surface area contributed by atoms with Gasteiger partial charge in [0.1, 0.15) is 5.69 Å². The summed E-state index contributed by atoms with van der Waals surface area (Å²) in [6.07, 6.45) is 3.53. The Bertz CT molecular complexity index is 1450. The van der Waals surface area contributed by atoms with E-state index in [1.54, 1.807) is 27.6 Å². The zero-order chi connectivity index (χ0) is 21.6. The van der Waals surface area contributed by atoms with Crippen molar-refractivity contribution in [2.75, 3.05) is 7.05 Å². The Labute approximate surface area is 191 Å². The van der Waals surface area contributed by atoms with Crippen LogP contribution in [0.25, 0.3) is 21.2 Å². The van der Waals surface area contributed by atoms with Crippen LogP contribution in [0.2, 0.25) is 5.15 Å². The summed E-state index contributed by atoms with van der Waals surface area (Å²) in [6.45, 7) is 0.135. The van der Waals surface area contributed by atoms with Crippen molar-refractivity contribution in [3.63, 3.8) is 0 Å². The third-order valence-electron chi connectivity index (χ3n) is 4.79. The molecule has 7 nitrogen and oxygen atoms in total. The number of fused-ring (bicyclic) bond motifs is 1. The van der Waals surface area contributed by atoms with Gasteiger partial charge in [0.25, 0.3) is 10.0 Å². The Morgan fingerprint density at radius 2 is 1.90 bits per heavy atom. The molecule has 0 unspecified atom stereocenters. The van der Waals surface area contributed by atoms with Crippen LogP contribution in [0.4, 0.5) is 0 Å². The summed E-state index contributed by atoms with van der Waals surface area (Å²) in [4.78, 5) is 5.66. The number of hydrogen-bond donors (Lipinski definition) is 0. The summed E-state index contributed by atoms with van der Waals surface area (Å²) in [5.41, 5.74) is 2.44. The largest absolute Gasteiger partial charge is 0.279 e. The van der Waals surface area contributed by atoms with Crippen LogP contribution in [0.1, 0.15) is 5.56 Å². The predicted octanol–water partition coefficient (Wildman–Crippen LogP) is 4.78. The van der Waals surface area contributed by atoms with E-state index in [1.807, 2.05) is 54.0 Å². The highest BCUT2D eigenvalue weighted by Gasteiger charge is 2.30. The second kappa shape index (κ2) is 7.88. The lowest BCUT2D eigenvalue weighted by Gasteiger charge is -2.16. The van der Waals surface area contributed by atoms with Gasteiger partial charge in [-0.15, -0.1) is 22.7 Å². The molecule has 0 aliphatic carbocycles. The minimum Gasteiger partial charge on any atom is -0.279 e. The van der Waals surface area contributed by atoms with Gasteiger partial charge in [-0.3, -0.25) is 4.40 Å². The molecule has 0 aliphatic rings. The van der Waals surface area contributed by atoms with E-state index in [2.05, 4.69) is 4.98 Å². The summed E-state index contributed by atoms with van der Waals surface area (Å²) in [5, 5.41) is 8.43. The van der Waals surface area contributed by atoms with Crippen LogP contribution in [0.3, 0.4) is 0 Å². The molecule has 0 radical (unpaired) electrons. The second-order valence-electron chi connectivity index (χ2n) is 6.78. The number of rotatable bonds is 6. The van der Waals surface area contributed by atoms with Crippen LogP contribution >= 0.6 is 34.3 Å². The Morgan fingerprint density at radius 1 is 1.10 bits per heavy atom. The molecule has 4 heterocycles. The summed E-state index contributed by atoms with van der Waals surface area (Å²) in [7, 11) is -2.35. The number of thiophene rings is 1. The van der Waals surface area contributed by atoms with E-state index in [9.17, 15) is 8.42 Å². The van der Waals surface area contributed by atoms with Crippen LogP contribution in [0, 0.1) is 0 Å². The van der Waals surface area contributed by atoms with Gasteiger partial charge in [0.15, 0.2) is 15.1 Å². The summed E-state index contributed by atoms with van der Waals surface area (Å²) >= 11 is 9.08. The minimum absolute atomic E-state index is 0.0268. The van der Waals surface area contributed by atoms with E-state index in [4.69, 9.17) is 16.7 Å². The first kappa shape index (κ1) is 20.4. The third-order valence-corrected chi connectivity index (χ3v) is 8.63. The van der Waals surface area contributed by atoms with Crippen LogP contribution in [0.5, 0.6) is 0 Å². The summed E-state index contributed by atoms with van der Waals surface area (Å²) < 4.78 is 31.3. The molecule has 0 amide bonds. The van der Waals surface area contributed by atoms with Gasteiger partial charge < -0.3 is 0 Å². The van der Waals surface area contributed by atoms with Crippen molar-refractivity contribution >= 4 is 49.3 Å². The number of imidazole rings is 1. The highest BCUT2D eigenvalue weighted by Crippen LogP contribution is 2.31. The third kappa shape index (κ3) is 3.60. The maximum atomic E-state index is 13.4. The molecule has 31 heavy (non-hydrogen) atoms. The lowest BCUT2D eigenvalue weighted by Crippen LogP contribution is -2.27. The average Bonchev–Trinajstić information content (AvgIpc) is 3.52. The van der Waals surface area contributed by atoms with Crippen molar-refractivity contribution in [1.29, 1.82) is 0 Å². The molecule has 0 bridgehead atoms. The monoisotopic (exact) mass is 489 g/mol. The van der Waals surface area contributed by atoms with Gasteiger partial charge in [0.05, 0.1) is 10.6 Å². The number of nitrogens with zero attached hydrogens (tertiary/aromatic N) is 5. The van der Waals surface area contributed by atoms with Crippen molar-refractivity contribution in [2.24, 2.45) is 0 Å². The lowest BCUT2D eigenvalue weighted by atomic mass is 10.2. The Balaban J connectivity index is 1.55. The van der Waals surface area contributed by atoms with E-state index in [0.29, 0.717) is 4.96 Å². The van der Waals surface area contributed by atoms with Crippen LogP contribution in [-0.2, 0) is 16.6 Å². The molecule has 4 aromatic heterocycles.